The molecule has 1 aromatic carbocycles. The van der Waals surface area contributed by atoms with Crippen molar-refractivity contribution in [2.24, 2.45) is 0 Å². The number of carbonyl (C=O) groups excluding carboxylic acids is 2. The van der Waals surface area contributed by atoms with Crippen LogP contribution >= 0.6 is 0 Å². The molecular weight excluding hydrogens is 592 g/mol. The Hall–Kier alpha value is -2.58. The van der Waals surface area contributed by atoms with Crippen molar-refractivity contribution in [3.63, 3.8) is 0 Å². The molecule has 0 amide bonds. The van der Waals surface area contributed by atoms with E-state index in [-0.39, 0.29) is 46.6 Å². The largest absolute Gasteiger partial charge is 0.497 e. The molecule has 5 rings (SSSR count). The van der Waals surface area contributed by atoms with Crippen LogP contribution in [0.1, 0.15) is 40.5 Å². The number of rotatable bonds is 7. The number of aliphatic hydroxyl groups is 9. The van der Waals surface area contributed by atoms with Gasteiger partial charge in [0.15, 0.2) is 17.9 Å². The quantitative estimate of drug-likeness (QED) is 0.141. The number of ketones is 2. The molecule has 0 spiro atoms. The second-order valence-electron chi connectivity index (χ2n) is 11.7. The fourth-order valence-corrected chi connectivity index (χ4v) is 5.94. The predicted octanol–water partition coefficient (Wildman–Crippen LogP) is -3.72. The van der Waals surface area contributed by atoms with E-state index in [2.05, 4.69) is 0 Å². The maximum Gasteiger partial charge on any atom is 0.229 e. The molecule has 2 fully saturated rings. The van der Waals surface area contributed by atoms with Crippen LogP contribution in [0, 0.1) is 0 Å². The Balaban J connectivity index is 1.40. The maximum atomic E-state index is 13.7. The highest BCUT2D eigenvalue weighted by Crippen LogP contribution is 2.44. The van der Waals surface area contributed by atoms with Gasteiger partial charge in [0, 0.05) is 35.6 Å². The Morgan fingerprint density at radius 1 is 0.864 bits per heavy atom. The van der Waals surface area contributed by atoms with Gasteiger partial charge in [-0.15, -0.1) is 0 Å². The molecule has 2 heterocycles. The third kappa shape index (κ3) is 5.77. The van der Waals surface area contributed by atoms with Gasteiger partial charge in [0.25, 0.3) is 0 Å². The lowest BCUT2D eigenvalue weighted by atomic mass is 9.71. The Kier molecular flexibility index (Phi) is 9.18. The van der Waals surface area contributed by atoms with Crippen LogP contribution in [0.3, 0.4) is 0 Å². The van der Waals surface area contributed by atoms with Crippen LogP contribution in [0.5, 0.6) is 11.5 Å². The normalized spacial score (nSPS) is 40.8. The topological polar surface area (TPSA) is 262 Å². The van der Waals surface area contributed by atoms with Crippen LogP contribution in [0.2, 0.25) is 0 Å². The van der Waals surface area contributed by atoms with Crippen LogP contribution in [0.15, 0.2) is 23.3 Å². The molecule has 2 saturated heterocycles. The molecule has 16 heteroatoms. The number of hydrogen-bond donors (Lipinski definition) is 9. The van der Waals surface area contributed by atoms with Gasteiger partial charge < -0.3 is 69.6 Å². The average Bonchev–Trinajstić information content (AvgIpc) is 2.97. The van der Waals surface area contributed by atoms with E-state index in [1.807, 2.05) is 0 Å². The smallest absolute Gasteiger partial charge is 0.229 e. The summed E-state index contributed by atoms with van der Waals surface area (Å²) in [5, 5.41) is 92.6. The Morgan fingerprint density at radius 2 is 1.48 bits per heavy atom. The van der Waals surface area contributed by atoms with E-state index in [0.29, 0.717) is 0 Å². The molecule has 12 atom stereocenters. The minimum atomic E-state index is -1.89. The summed E-state index contributed by atoms with van der Waals surface area (Å²) in [7, 11) is 1.29. The lowest BCUT2D eigenvalue weighted by Crippen LogP contribution is -2.62. The Labute approximate surface area is 250 Å². The van der Waals surface area contributed by atoms with Crippen molar-refractivity contribution in [2.75, 3.05) is 20.3 Å². The van der Waals surface area contributed by atoms with E-state index in [9.17, 15) is 55.5 Å². The third-order valence-electron chi connectivity index (χ3n) is 8.34. The van der Waals surface area contributed by atoms with Crippen molar-refractivity contribution in [2.45, 2.75) is 92.9 Å². The first-order valence-corrected chi connectivity index (χ1v) is 13.9. The van der Waals surface area contributed by atoms with Gasteiger partial charge in [-0.1, -0.05) is 0 Å². The number of methoxy groups -OCH3 is 1. The van der Waals surface area contributed by atoms with Crippen molar-refractivity contribution in [1.29, 1.82) is 0 Å². The number of fused-ring (bicyclic) bond motifs is 1. The summed E-state index contributed by atoms with van der Waals surface area (Å²) in [6.45, 7) is 0.102. The minimum absolute atomic E-state index is 0.0524. The molecule has 0 saturated carbocycles. The number of ether oxygens (including phenoxy) is 5. The van der Waals surface area contributed by atoms with Gasteiger partial charge >= 0.3 is 0 Å². The zero-order chi connectivity index (χ0) is 32.2. The number of benzene rings is 1. The summed E-state index contributed by atoms with van der Waals surface area (Å²) < 4.78 is 27.4. The van der Waals surface area contributed by atoms with Gasteiger partial charge in [-0.05, 0) is 13.0 Å². The van der Waals surface area contributed by atoms with Crippen molar-refractivity contribution in [1.82, 2.24) is 0 Å². The van der Waals surface area contributed by atoms with Crippen molar-refractivity contribution in [3.05, 3.63) is 34.4 Å². The summed E-state index contributed by atoms with van der Waals surface area (Å²) in [5.74, 6) is -1.65. The standard InChI is InChI=1S/C28H36O16/c1-28(39)5-11-16(12(30)6-28)21(34)17-10(18(11)31)3-9(40-2)4-13(17)42-27-25(38)23(36)20(33)15(44-27)8-41-26-24(37)22(35)19(32)14(7-29)43-26/h3-4,12,14-15,19-20,22-27,29-30,32-33,35-39H,5-8H2,1-2H3. The van der Waals surface area contributed by atoms with Crippen LogP contribution in [0.25, 0.3) is 0 Å². The molecule has 1 aromatic rings. The molecule has 0 radical (unpaired) electrons. The highest BCUT2D eigenvalue weighted by Gasteiger charge is 2.49. The van der Waals surface area contributed by atoms with Crippen LogP contribution < -0.4 is 9.47 Å². The average molecular weight is 629 g/mol. The second kappa shape index (κ2) is 12.3. The summed E-state index contributed by atoms with van der Waals surface area (Å²) >= 11 is 0. The van der Waals surface area contributed by atoms with Gasteiger partial charge in [0.1, 0.15) is 60.3 Å². The van der Waals surface area contributed by atoms with E-state index in [1.54, 1.807) is 0 Å². The van der Waals surface area contributed by atoms with Crippen LogP contribution in [-0.2, 0) is 14.2 Å². The summed E-state index contributed by atoms with van der Waals surface area (Å²) in [6.07, 6.45) is -18.6. The lowest BCUT2D eigenvalue weighted by Gasteiger charge is -2.42. The molecule has 2 aliphatic heterocycles. The minimum Gasteiger partial charge on any atom is -0.497 e. The lowest BCUT2D eigenvalue weighted by molar-refractivity contribution is -0.323. The van der Waals surface area contributed by atoms with E-state index >= 15 is 0 Å². The number of hydrogen-bond acceptors (Lipinski definition) is 16. The number of Topliss-reactive ketones (excluding diaryl/α,β-unsaturated/α-hetero) is 2. The molecule has 44 heavy (non-hydrogen) atoms. The Morgan fingerprint density at radius 3 is 2.11 bits per heavy atom. The molecule has 9 N–H and O–H groups in total. The summed E-state index contributed by atoms with van der Waals surface area (Å²) in [6, 6.07) is 2.52. The zero-order valence-electron chi connectivity index (χ0n) is 23.7. The van der Waals surface area contributed by atoms with Gasteiger partial charge in [0.05, 0.1) is 37.6 Å². The van der Waals surface area contributed by atoms with Gasteiger partial charge in [0.2, 0.25) is 6.29 Å². The van der Waals surface area contributed by atoms with Crippen molar-refractivity contribution < 1.29 is 79.2 Å². The third-order valence-corrected chi connectivity index (χ3v) is 8.34. The van der Waals surface area contributed by atoms with Crippen LogP contribution in [-0.4, -0.2) is 151 Å². The highest BCUT2D eigenvalue weighted by atomic mass is 16.7. The molecule has 12 unspecified atom stereocenters. The second-order valence-corrected chi connectivity index (χ2v) is 11.7. The monoisotopic (exact) mass is 628 g/mol. The number of carbonyl (C=O) groups is 2. The molecule has 0 aromatic heterocycles. The van der Waals surface area contributed by atoms with Crippen molar-refractivity contribution in [3.8, 4) is 11.5 Å². The SMILES string of the molecule is COc1cc(OC2OC(COC3OC(CO)C(O)C(O)C3O)C(O)C(O)C2O)c2c(c1)C(=O)C1=C(C2=O)C(O)CC(C)(O)C1. The van der Waals surface area contributed by atoms with E-state index in [0.717, 1.165) is 0 Å². The first-order valence-electron chi connectivity index (χ1n) is 13.9. The van der Waals surface area contributed by atoms with Crippen molar-refractivity contribution >= 4 is 11.6 Å². The first kappa shape index (κ1) is 32.8. The Bertz CT molecular complexity index is 1310. The van der Waals surface area contributed by atoms with E-state index < -0.39 is 97.9 Å². The molecular formula is C28H36O16. The summed E-state index contributed by atoms with van der Waals surface area (Å²) in [5.41, 5.74) is -2.12. The van der Waals surface area contributed by atoms with Crippen LogP contribution in [0.4, 0.5) is 0 Å². The molecule has 16 nitrogen and oxygen atoms in total. The fourth-order valence-electron chi connectivity index (χ4n) is 5.94. The van der Waals surface area contributed by atoms with E-state index in [1.165, 1.54) is 26.2 Å². The van der Waals surface area contributed by atoms with Gasteiger partial charge in [-0.25, -0.2) is 0 Å². The molecule has 244 valence electrons. The molecule has 2 aliphatic carbocycles. The molecule has 0 bridgehead atoms. The van der Waals surface area contributed by atoms with Gasteiger partial charge in [-0.2, -0.15) is 0 Å². The van der Waals surface area contributed by atoms with Gasteiger partial charge in [-0.3, -0.25) is 9.59 Å². The zero-order valence-corrected chi connectivity index (χ0v) is 23.7. The maximum absolute atomic E-state index is 13.7. The fraction of sp³-hybridized carbons (Fsp3) is 0.643. The highest BCUT2D eigenvalue weighted by molar-refractivity contribution is 6.28. The first-order chi connectivity index (χ1) is 20.7. The summed E-state index contributed by atoms with van der Waals surface area (Å²) in [4.78, 5) is 27.2. The van der Waals surface area contributed by atoms with E-state index in [4.69, 9.17) is 23.7 Å². The molecule has 4 aliphatic rings. The number of aliphatic hydroxyl groups excluding tert-OH is 8. The predicted molar refractivity (Wildman–Crippen MR) is 142 cm³/mol.